The summed E-state index contributed by atoms with van der Waals surface area (Å²) in [6.07, 6.45) is 1.11. The maximum Gasteiger partial charge on any atom is 0.336 e. The van der Waals surface area contributed by atoms with Crippen LogP contribution in [-0.4, -0.2) is 31.4 Å². The van der Waals surface area contributed by atoms with E-state index in [2.05, 4.69) is 5.32 Å². The number of allylic oxidation sites excluding steroid dienone is 3. The maximum atomic E-state index is 13.6. The smallest absolute Gasteiger partial charge is 0.336 e. The number of hydrogen-bond donors (Lipinski definition) is 1. The minimum absolute atomic E-state index is 0.243. The zero-order valence-electron chi connectivity index (χ0n) is 17.6. The lowest BCUT2D eigenvalue weighted by Gasteiger charge is -2.38. The van der Waals surface area contributed by atoms with Gasteiger partial charge < -0.3 is 14.8 Å². The molecule has 1 aromatic carbocycles. The Balaban J connectivity index is 2.15. The molecule has 160 valence electrons. The summed E-state index contributed by atoms with van der Waals surface area (Å²) in [7, 11) is 1.25. The first kappa shape index (κ1) is 21.7. The van der Waals surface area contributed by atoms with E-state index in [0.717, 1.165) is 0 Å². The molecule has 1 aromatic rings. The van der Waals surface area contributed by atoms with Gasteiger partial charge in [0.2, 0.25) is 0 Å². The normalized spacial score (nSPS) is 23.6. The van der Waals surface area contributed by atoms with Gasteiger partial charge in [0, 0.05) is 22.9 Å². The van der Waals surface area contributed by atoms with Crippen LogP contribution in [0.4, 0.5) is 4.39 Å². The van der Waals surface area contributed by atoms with Crippen molar-refractivity contribution >= 4 is 17.7 Å². The third-order valence-electron chi connectivity index (χ3n) is 5.60. The van der Waals surface area contributed by atoms with Gasteiger partial charge in [0.15, 0.2) is 5.78 Å². The molecule has 0 saturated carbocycles. The number of nitrogens with one attached hydrogen (secondary N) is 1. The highest BCUT2D eigenvalue weighted by Gasteiger charge is 2.47. The average molecular weight is 415 g/mol. The van der Waals surface area contributed by atoms with Crippen LogP contribution >= 0.6 is 0 Å². The van der Waals surface area contributed by atoms with Crippen molar-refractivity contribution in [2.45, 2.75) is 39.5 Å². The molecule has 0 unspecified atom stereocenters. The molecular formula is C23H26FNO5. The predicted octanol–water partition coefficient (Wildman–Crippen LogP) is 3.39. The molecule has 1 aliphatic carbocycles. The summed E-state index contributed by atoms with van der Waals surface area (Å²) in [5, 5.41) is 3.19. The summed E-state index contributed by atoms with van der Waals surface area (Å²) in [6.45, 7) is 5.71. The second-order valence-electron chi connectivity index (χ2n) is 7.72. The zero-order chi connectivity index (χ0) is 22.0. The van der Waals surface area contributed by atoms with Crippen molar-refractivity contribution in [1.29, 1.82) is 0 Å². The monoisotopic (exact) mass is 415 g/mol. The number of methoxy groups -OCH3 is 1. The largest absolute Gasteiger partial charge is 0.468 e. The minimum atomic E-state index is -0.954. The van der Waals surface area contributed by atoms with Crippen molar-refractivity contribution < 1.29 is 28.2 Å². The van der Waals surface area contributed by atoms with E-state index in [9.17, 15) is 18.8 Å². The lowest BCUT2D eigenvalue weighted by Crippen LogP contribution is -2.43. The van der Waals surface area contributed by atoms with Gasteiger partial charge in [-0.2, -0.15) is 0 Å². The topological polar surface area (TPSA) is 81.7 Å². The van der Waals surface area contributed by atoms with E-state index < -0.39 is 29.6 Å². The quantitative estimate of drug-likeness (QED) is 0.586. The van der Waals surface area contributed by atoms with Crippen LogP contribution in [0, 0.1) is 17.7 Å². The van der Waals surface area contributed by atoms with E-state index in [-0.39, 0.29) is 18.3 Å². The van der Waals surface area contributed by atoms with Crippen LogP contribution in [0.1, 0.15) is 45.1 Å². The van der Waals surface area contributed by atoms with E-state index >= 15 is 0 Å². The fourth-order valence-electron chi connectivity index (χ4n) is 4.21. The molecule has 0 saturated heterocycles. The number of rotatable bonds is 5. The van der Waals surface area contributed by atoms with Gasteiger partial charge in [-0.25, -0.2) is 9.18 Å². The number of carbonyl (C=O) groups excluding carboxylic acids is 3. The Kier molecular flexibility index (Phi) is 6.39. The summed E-state index contributed by atoms with van der Waals surface area (Å²) < 4.78 is 23.8. The van der Waals surface area contributed by atoms with Gasteiger partial charge in [-0.05, 0) is 43.4 Å². The predicted molar refractivity (Wildman–Crippen MR) is 108 cm³/mol. The van der Waals surface area contributed by atoms with Crippen molar-refractivity contribution in [2.24, 2.45) is 11.8 Å². The summed E-state index contributed by atoms with van der Waals surface area (Å²) >= 11 is 0. The number of halogens is 1. The van der Waals surface area contributed by atoms with Crippen LogP contribution < -0.4 is 5.32 Å². The highest BCUT2D eigenvalue weighted by molar-refractivity contribution is 6.12. The van der Waals surface area contributed by atoms with Crippen LogP contribution in [0.15, 0.2) is 46.8 Å². The fraction of sp³-hybridized carbons (Fsp3) is 0.435. The van der Waals surface area contributed by atoms with Gasteiger partial charge in [0.05, 0.1) is 19.3 Å². The molecule has 0 radical (unpaired) electrons. The number of benzene rings is 1. The van der Waals surface area contributed by atoms with E-state index in [1.54, 1.807) is 19.1 Å². The fourth-order valence-corrected chi connectivity index (χ4v) is 4.21. The summed E-state index contributed by atoms with van der Waals surface area (Å²) in [4.78, 5) is 38.7. The van der Waals surface area contributed by atoms with Crippen molar-refractivity contribution in [1.82, 2.24) is 5.32 Å². The molecule has 6 nitrogen and oxygen atoms in total. The molecule has 3 rings (SSSR count). The number of hydrogen-bond acceptors (Lipinski definition) is 6. The standard InChI is InChI=1S/C23H26FNO5/c1-5-10-30-23(28)18-13(3)25-16-11-12(2)17(22(27)29-4)21(26)20(16)19(18)14-6-8-15(24)9-7-14/h6-9,12,17,19,25H,5,10-11H2,1-4H3/t12-,17+,19+/m1/s1. The Morgan fingerprint density at radius 3 is 2.50 bits per heavy atom. The average Bonchev–Trinajstić information content (AvgIpc) is 2.71. The number of ketones is 1. The third-order valence-corrected chi connectivity index (χ3v) is 5.60. The first-order chi connectivity index (χ1) is 14.3. The van der Waals surface area contributed by atoms with Gasteiger partial charge in [-0.3, -0.25) is 9.59 Å². The Labute approximate surface area is 175 Å². The molecule has 30 heavy (non-hydrogen) atoms. The number of Topliss-reactive ketones (excluding diaryl/α,β-unsaturated/α-hetero) is 1. The molecule has 1 N–H and O–H groups in total. The summed E-state index contributed by atoms with van der Waals surface area (Å²) in [5.74, 6) is -3.91. The van der Waals surface area contributed by atoms with Gasteiger partial charge in [-0.1, -0.05) is 26.0 Å². The van der Waals surface area contributed by atoms with Crippen LogP contribution in [-0.2, 0) is 23.9 Å². The first-order valence-electron chi connectivity index (χ1n) is 10.1. The Morgan fingerprint density at radius 2 is 1.90 bits per heavy atom. The number of ether oxygens (including phenoxy) is 2. The van der Waals surface area contributed by atoms with Gasteiger partial charge in [0.1, 0.15) is 11.7 Å². The van der Waals surface area contributed by atoms with Crippen LogP contribution in [0.5, 0.6) is 0 Å². The molecule has 0 spiro atoms. The molecule has 0 bridgehead atoms. The molecule has 1 heterocycles. The highest BCUT2D eigenvalue weighted by atomic mass is 19.1. The molecule has 7 heteroatoms. The van der Waals surface area contributed by atoms with Gasteiger partial charge in [-0.15, -0.1) is 0 Å². The van der Waals surface area contributed by atoms with Gasteiger partial charge >= 0.3 is 11.9 Å². The van der Waals surface area contributed by atoms with E-state index in [1.165, 1.54) is 19.2 Å². The number of carbonyl (C=O) groups is 3. The molecule has 0 fully saturated rings. The molecule has 1 aliphatic heterocycles. The van der Waals surface area contributed by atoms with E-state index in [1.807, 2.05) is 13.8 Å². The van der Waals surface area contributed by atoms with Crippen molar-refractivity contribution in [3.8, 4) is 0 Å². The molecule has 0 amide bonds. The lowest BCUT2D eigenvalue weighted by molar-refractivity contribution is -0.151. The summed E-state index contributed by atoms with van der Waals surface area (Å²) in [5.41, 5.74) is 2.47. The van der Waals surface area contributed by atoms with Crippen molar-refractivity contribution in [3.63, 3.8) is 0 Å². The first-order valence-corrected chi connectivity index (χ1v) is 10.1. The minimum Gasteiger partial charge on any atom is -0.468 e. The van der Waals surface area contributed by atoms with E-state index in [0.29, 0.717) is 40.9 Å². The highest BCUT2D eigenvalue weighted by Crippen LogP contribution is 2.45. The molecule has 2 aliphatic rings. The summed E-state index contributed by atoms with van der Waals surface area (Å²) in [6, 6.07) is 5.68. The van der Waals surface area contributed by atoms with E-state index in [4.69, 9.17) is 9.47 Å². The Bertz CT molecular complexity index is 931. The lowest BCUT2D eigenvalue weighted by atomic mass is 9.69. The number of esters is 2. The van der Waals surface area contributed by atoms with Crippen molar-refractivity contribution in [3.05, 3.63) is 58.2 Å². The van der Waals surface area contributed by atoms with Crippen LogP contribution in [0.2, 0.25) is 0 Å². The van der Waals surface area contributed by atoms with Crippen LogP contribution in [0.25, 0.3) is 0 Å². The van der Waals surface area contributed by atoms with Gasteiger partial charge in [0.25, 0.3) is 0 Å². The second kappa shape index (κ2) is 8.81. The van der Waals surface area contributed by atoms with Crippen molar-refractivity contribution in [2.75, 3.05) is 13.7 Å². The Morgan fingerprint density at radius 1 is 1.23 bits per heavy atom. The molecule has 0 aromatic heterocycles. The number of dihydropyridines is 1. The molecule has 3 atom stereocenters. The maximum absolute atomic E-state index is 13.6. The molecular weight excluding hydrogens is 389 g/mol. The zero-order valence-corrected chi connectivity index (χ0v) is 17.6. The second-order valence-corrected chi connectivity index (χ2v) is 7.72. The van der Waals surface area contributed by atoms with Crippen LogP contribution in [0.3, 0.4) is 0 Å². The Hall–Kier alpha value is -2.96. The SMILES string of the molecule is CCCOC(=O)C1=C(C)NC2=C(C(=O)[C@@H](C(=O)OC)[C@H](C)C2)[C@H]1c1ccc(F)cc1. The third kappa shape index (κ3) is 3.88.